The maximum atomic E-state index is 6.69. The largest absolute Gasteiger partial charge is 0.0877 e. The van der Waals surface area contributed by atoms with Crippen molar-refractivity contribution in [3.8, 4) is 11.1 Å². The molecule has 39 heavy (non-hydrogen) atoms. The molecule has 202 valence electrons. The molecule has 0 radical (unpaired) electrons. The molecule has 1 unspecified atom stereocenters. The number of allylic oxidation sites excluding steroid dienone is 9. The van der Waals surface area contributed by atoms with Crippen LogP contribution in [0.3, 0.4) is 0 Å². The first kappa shape index (κ1) is 30.2. The van der Waals surface area contributed by atoms with E-state index >= 15 is 0 Å². The lowest BCUT2D eigenvalue weighted by atomic mass is 9.66. The van der Waals surface area contributed by atoms with Crippen LogP contribution in [0.4, 0.5) is 0 Å². The monoisotopic (exact) mass is 534 g/mol. The van der Waals surface area contributed by atoms with Gasteiger partial charge in [0.2, 0.25) is 0 Å². The third kappa shape index (κ3) is 5.54. The second kappa shape index (κ2) is 14.2. The summed E-state index contributed by atoms with van der Waals surface area (Å²) in [5, 5.41) is 0.776. The molecule has 3 aromatic rings. The molecule has 0 bridgehead atoms. The summed E-state index contributed by atoms with van der Waals surface area (Å²) in [7, 11) is 0. The van der Waals surface area contributed by atoms with E-state index in [1.807, 2.05) is 40.7 Å². The van der Waals surface area contributed by atoms with E-state index in [0.717, 1.165) is 17.9 Å². The maximum absolute atomic E-state index is 6.69. The number of benzene rings is 3. The van der Waals surface area contributed by atoms with E-state index in [0.29, 0.717) is 0 Å². The van der Waals surface area contributed by atoms with Gasteiger partial charge in [0, 0.05) is 5.02 Å². The van der Waals surface area contributed by atoms with Crippen LogP contribution in [0.25, 0.3) is 17.2 Å². The van der Waals surface area contributed by atoms with Gasteiger partial charge in [-0.1, -0.05) is 143 Å². The molecule has 5 rings (SSSR count). The molecule has 1 heteroatoms. The molecule has 0 aliphatic heterocycles. The third-order valence-electron chi connectivity index (χ3n) is 7.15. The summed E-state index contributed by atoms with van der Waals surface area (Å²) in [5.74, 6) is 0. The second-order valence-corrected chi connectivity index (χ2v) is 9.65. The van der Waals surface area contributed by atoms with Gasteiger partial charge in [-0.15, -0.1) is 0 Å². The Balaban J connectivity index is 0.00000100. The van der Waals surface area contributed by atoms with E-state index in [-0.39, 0.29) is 0 Å². The Morgan fingerprint density at radius 1 is 0.872 bits per heavy atom. The molecular formula is C38H43Cl. The van der Waals surface area contributed by atoms with E-state index in [2.05, 4.69) is 117 Å². The molecule has 0 saturated heterocycles. The van der Waals surface area contributed by atoms with Crippen molar-refractivity contribution in [2.45, 2.75) is 66.7 Å². The normalized spacial score (nSPS) is 17.3. The van der Waals surface area contributed by atoms with Crippen LogP contribution >= 0.6 is 11.6 Å². The number of hydrogen-bond acceptors (Lipinski definition) is 0. The number of hydrogen-bond donors (Lipinski definition) is 0. The van der Waals surface area contributed by atoms with Gasteiger partial charge in [0.15, 0.2) is 0 Å². The first-order chi connectivity index (χ1) is 19.1. The van der Waals surface area contributed by atoms with Gasteiger partial charge in [-0.25, -0.2) is 0 Å². The van der Waals surface area contributed by atoms with E-state index < -0.39 is 5.41 Å². The molecule has 0 spiro atoms. The highest BCUT2D eigenvalue weighted by atomic mass is 35.5. The van der Waals surface area contributed by atoms with Gasteiger partial charge in [-0.3, -0.25) is 0 Å². The van der Waals surface area contributed by atoms with Crippen LogP contribution in [0, 0.1) is 0 Å². The molecule has 0 N–H and O–H groups in total. The molecule has 3 aromatic carbocycles. The van der Waals surface area contributed by atoms with Gasteiger partial charge in [0.1, 0.15) is 0 Å². The topological polar surface area (TPSA) is 0 Å². The van der Waals surface area contributed by atoms with E-state index in [4.69, 9.17) is 11.6 Å². The predicted molar refractivity (Wildman–Crippen MR) is 175 cm³/mol. The Morgan fingerprint density at radius 3 is 2.28 bits per heavy atom. The van der Waals surface area contributed by atoms with Crippen molar-refractivity contribution in [1.29, 1.82) is 0 Å². The second-order valence-electron chi connectivity index (χ2n) is 9.21. The average molecular weight is 535 g/mol. The van der Waals surface area contributed by atoms with Crippen LogP contribution in [0.5, 0.6) is 0 Å². The highest BCUT2D eigenvalue weighted by Crippen LogP contribution is 2.59. The van der Waals surface area contributed by atoms with Crippen molar-refractivity contribution in [3.63, 3.8) is 0 Å². The van der Waals surface area contributed by atoms with Gasteiger partial charge in [0.25, 0.3) is 0 Å². The first-order valence-corrected chi connectivity index (χ1v) is 14.9. The van der Waals surface area contributed by atoms with Crippen molar-refractivity contribution in [3.05, 3.63) is 147 Å². The van der Waals surface area contributed by atoms with Crippen LogP contribution in [0.1, 0.15) is 82.7 Å². The zero-order valence-corrected chi connectivity index (χ0v) is 25.4. The lowest BCUT2D eigenvalue weighted by molar-refractivity contribution is 0.760. The Bertz CT molecular complexity index is 1410. The quantitative estimate of drug-likeness (QED) is 0.276. The van der Waals surface area contributed by atoms with Gasteiger partial charge < -0.3 is 0 Å². The van der Waals surface area contributed by atoms with Crippen LogP contribution in [-0.2, 0) is 11.8 Å². The Hall–Kier alpha value is -3.35. The number of halogens is 1. The Labute approximate surface area is 242 Å². The summed E-state index contributed by atoms with van der Waals surface area (Å²) in [6, 6.07) is 22.1. The number of fused-ring (bicyclic) bond motifs is 5. The van der Waals surface area contributed by atoms with Crippen LogP contribution < -0.4 is 0 Å². The summed E-state index contributed by atoms with van der Waals surface area (Å²) >= 11 is 6.69. The molecule has 1 atom stereocenters. The van der Waals surface area contributed by atoms with Crippen molar-refractivity contribution >= 4 is 17.7 Å². The van der Waals surface area contributed by atoms with Crippen LogP contribution in [0.2, 0.25) is 5.02 Å². The standard InChI is InChI=1S/C34H31Cl.2C2H6/c1-4-7-9-14-24-21-25-17-20-31-33(30(25)22-24)29-19-18-28(35)23-32(29)34(31,26(12-5-2)13-6-3)27-15-10-8-11-16-27;2*1-2/h4-5,7-21,23H,6,22H2,1-3H3;2*1-2H3/b7-4-,12-5-,14-9-,26-13+;;. The van der Waals surface area contributed by atoms with Crippen molar-refractivity contribution < 1.29 is 0 Å². The highest BCUT2D eigenvalue weighted by molar-refractivity contribution is 6.30. The molecule has 0 saturated carbocycles. The average Bonchev–Trinajstić information content (AvgIpc) is 3.52. The molecule has 0 nitrogen and oxygen atoms in total. The minimum atomic E-state index is -0.405. The minimum absolute atomic E-state index is 0.405. The van der Waals surface area contributed by atoms with Crippen LogP contribution in [-0.4, -0.2) is 0 Å². The molecule has 0 fully saturated rings. The molecular weight excluding hydrogens is 492 g/mol. The van der Waals surface area contributed by atoms with Gasteiger partial charge >= 0.3 is 0 Å². The fraction of sp³-hybridized carbons (Fsp3) is 0.263. The Kier molecular flexibility index (Phi) is 11.0. The SMILES string of the molecule is C/C=C\C=C/C1=Cc2ccc3c(c2C1)-c1ccc(Cl)cc1C3(C(/C=C\C)=C/CC)c1ccccc1.CC.CC. The summed E-state index contributed by atoms with van der Waals surface area (Å²) in [6.07, 6.45) is 19.6. The summed E-state index contributed by atoms with van der Waals surface area (Å²) in [4.78, 5) is 0. The van der Waals surface area contributed by atoms with Crippen molar-refractivity contribution in [1.82, 2.24) is 0 Å². The predicted octanol–water partition coefficient (Wildman–Crippen LogP) is 11.7. The Morgan fingerprint density at radius 2 is 1.62 bits per heavy atom. The van der Waals surface area contributed by atoms with E-state index in [1.165, 1.54) is 50.1 Å². The molecule has 0 heterocycles. The lowest BCUT2D eigenvalue weighted by Gasteiger charge is -2.35. The van der Waals surface area contributed by atoms with E-state index in [9.17, 15) is 0 Å². The third-order valence-corrected chi connectivity index (χ3v) is 7.39. The van der Waals surface area contributed by atoms with Crippen LogP contribution in [0.15, 0.2) is 114 Å². The zero-order chi connectivity index (χ0) is 28.4. The van der Waals surface area contributed by atoms with Gasteiger partial charge in [0.05, 0.1) is 5.41 Å². The van der Waals surface area contributed by atoms with Gasteiger partial charge in [-0.2, -0.15) is 0 Å². The minimum Gasteiger partial charge on any atom is -0.0877 e. The summed E-state index contributed by atoms with van der Waals surface area (Å²) < 4.78 is 0. The lowest BCUT2D eigenvalue weighted by Crippen LogP contribution is -2.29. The summed E-state index contributed by atoms with van der Waals surface area (Å²) in [5.41, 5.74) is 11.5. The van der Waals surface area contributed by atoms with Gasteiger partial charge in [-0.05, 0) is 88.9 Å². The smallest absolute Gasteiger partial charge is 0.0711 e. The fourth-order valence-corrected chi connectivity index (χ4v) is 6.05. The van der Waals surface area contributed by atoms with E-state index in [1.54, 1.807) is 0 Å². The first-order valence-electron chi connectivity index (χ1n) is 14.5. The highest BCUT2D eigenvalue weighted by Gasteiger charge is 2.47. The van der Waals surface area contributed by atoms with Crippen molar-refractivity contribution in [2.24, 2.45) is 0 Å². The number of rotatable bonds is 6. The van der Waals surface area contributed by atoms with Crippen molar-refractivity contribution in [2.75, 3.05) is 0 Å². The summed E-state index contributed by atoms with van der Waals surface area (Å²) in [6.45, 7) is 14.4. The zero-order valence-electron chi connectivity index (χ0n) is 24.7. The maximum Gasteiger partial charge on any atom is 0.0711 e. The fourth-order valence-electron chi connectivity index (χ4n) is 5.87. The molecule has 0 aromatic heterocycles. The molecule has 2 aliphatic carbocycles. The molecule has 0 amide bonds. The molecule has 2 aliphatic rings.